The van der Waals surface area contributed by atoms with Gasteiger partial charge in [0.05, 0.1) is 0 Å². The summed E-state index contributed by atoms with van der Waals surface area (Å²) in [4.78, 5) is 4.86. The van der Waals surface area contributed by atoms with E-state index in [0.717, 1.165) is 10.4 Å². The maximum absolute atomic E-state index is 12.1. The van der Waals surface area contributed by atoms with E-state index in [4.69, 9.17) is 5.73 Å². The van der Waals surface area contributed by atoms with Crippen molar-refractivity contribution < 1.29 is 8.42 Å². The number of hydrogen-bond donors (Lipinski definition) is 2. The molecule has 0 aliphatic carbocycles. The van der Waals surface area contributed by atoms with Crippen LogP contribution in [0.5, 0.6) is 0 Å². The number of nitrogens with zero attached hydrogens (tertiary/aromatic N) is 1. The molecule has 0 bridgehead atoms. The molecule has 0 aliphatic heterocycles. The van der Waals surface area contributed by atoms with E-state index >= 15 is 0 Å². The van der Waals surface area contributed by atoms with Gasteiger partial charge in [0.2, 0.25) is 10.0 Å². The molecule has 0 fully saturated rings. The predicted molar refractivity (Wildman–Crippen MR) is 75.3 cm³/mol. The molecule has 3 N–H and O–H groups in total. The minimum Gasteiger partial charge on any atom is -0.330 e. The van der Waals surface area contributed by atoms with Crippen LogP contribution in [0, 0.1) is 0 Å². The lowest BCUT2D eigenvalue weighted by Gasteiger charge is -2.04. The molecular formula is C12H15N3O2S2. The topological polar surface area (TPSA) is 85.1 Å². The standard InChI is InChI=1S/C12H15N3O2S2/c13-6-3-11-1-2-12(18-11)19(16,17)15-9-10-4-7-14-8-5-10/h1-2,4-5,7-8,15H,3,6,9,13H2. The Morgan fingerprint density at radius 2 is 1.95 bits per heavy atom. The second-order valence-electron chi connectivity index (χ2n) is 3.94. The molecule has 19 heavy (non-hydrogen) atoms. The first-order chi connectivity index (χ1) is 9.12. The van der Waals surface area contributed by atoms with Crippen LogP contribution in [0.25, 0.3) is 0 Å². The third-order valence-corrected chi connectivity index (χ3v) is 5.55. The zero-order valence-electron chi connectivity index (χ0n) is 10.2. The van der Waals surface area contributed by atoms with Crippen LogP contribution in [0.2, 0.25) is 0 Å². The molecule has 0 saturated carbocycles. The molecule has 2 heterocycles. The van der Waals surface area contributed by atoms with Gasteiger partial charge < -0.3 is 5.73 Å². The van der Waals surface area contributed by atoms with Crippen molar-refractivity contribution in [3.8, 4) is 0 Å². The Kier molecular flexibility index (Phi) is 4.65. The van der Waals surface area contributed by atoms with Gasteiger partial charge in [0.25, 0.3) is 0 Å². The summed E-state index contributed by atoms with van der Waals surface area (Å²) < 4.78 is 27.0. The van der Waals surface area contributed by atoms with Gasteiger partial charge in [-0.3, -0.25) is 4.98 Å². The highest BCUT2D eigenvalue weighted by Crippen LogP contribution is 2.21. The molecule has 0 atom stereocenters. The van der Waals surface area contributed by atoms with Gasteiger partial charge in [0, 0.05) is 23.8 Å². The fourth-order valence-corrected chi connectivity index (χ4v) is 3.96. The van der Waals surface area contributed by atoms with Crippen LogP contribution in [0.15, 0.2) is 40.9 Å². The van der Waals surface area contributed by atoms with Crippen molar-refractivity contribution in [3.05, 3.63) is 47.1 Å². The molecule has 2 aromatic rings. The third-order valence-electron chi connectivity index (χ3n) is 2.51. The predicted octanol–water partition coefficient (Wildman–Crippen LogP) is 1.12. The lowest BCUT2D eigenvalue weighted by molar-refractivity contribution is 0.583. The summed E-state index contributed by atoms with van der Waals surface area (Å²) in [6.07, 6.45) is 3.97. The molecule has 2 aromatic heterocycles. The highest BCUT2D eigenvalue weighted by Gasteiger charge is 2.16. The van der Waals surface area contributed by atoms with Gasteiger partial charge >= 0.3 is 0 Å². The minimum absolute atomic E-state index is 0.259. The summed E-state index contributed by atoms with van der Waals surface area (Å²) in [5.74, 6) is 0. The summed E-state index contributed by atoms with van der Waals surface area (Å²) in [5.41, 5.74) is 6.32. The number of pyridine rings is 1. The van der Waals surface area contributed by atoms with Crippen LogP contribution in [0.1, 0.15) is 10.4 Å². The SMILES string of the molecule is NCCc1ccc(S(=O)(=O)NCc2ccncc2)s1. The van der Waals surface area contributed by atoms with Gasteiger partial charge in [0.1, 0.15) is 4.21 Å². The number of hydrogen-bond acceptors (Lipinski definition) is 5. The van der Waals surface area contributed by atoms with Gasteiger partial charge in [-0.2, -0.15) is 0 Å². The third kappa shape index (κ3) is 3.84. The average molecular weight is 297 g/mol. The monoisotopic (exact) mass is 297 g/mol. The largest absolute Gasteiger partial charge is 0.330 e. The summed E-state index contributed by atoms with van der Waals surface area (Å²) in [5, 5.41) is 0. The molecular weight excluding hydrogens is 282 g/mol. The van der Waals surface area contributed by atoms with Crippen molar-refractivity contribution in [1.82, 2.24) is 9.71 Å². The molecule has 0 aromatic carbocycles. The van der Waals surface area contributed by atoms with Crippen molar-refractivity contribution in [3.63, 3.8) is 0 Å². The van der Waals surface area contributed by atoms with Crippen molar-refractivity contribution in [2.45, 2.75) is 17.2 Å². The Morgan fingerprint density at radius 3 is 2.63 bits per heavy atom. The Morgan fingerprint density at radius 1 is 1.21 bits per heavy atom. The highest BCUT2D eigenvalue weighted by molar-refractivity contribution is 7.91. The van der Waals surface area contributed by atoms with E-state index in [1.165, 1.54) is 11.3 Å². The number of sulfonamides is 1. The summed E-state index contributed by atoms with van der Waals surface area (Å²) >= 11 is 1.26. The van der Waals surface area contributed by atoms with Gasteiger partial charge in [0.15, 0.2) is 0 Å². The Labute approximate surface area is 116 Å². The van der Waals surface area contributed by atoms with Crippen LogP contribution >= 0.6 is 11.3 Å². The van der Waals surface area contributed by atoms with Gasteiger partial charge in [-0.15, -0.1) is 11.3 Å². The second kappa shape index (κ2) is 6.25. The fraction of sp³-hybridized carbons (Fsp3) is 0.250. The average Bonchev–Trinajstić information content (AvgIpc) is 2.88. The Bertz CT molecular complexity index is 623. The minimum atomic E-state index is -3.45. The fourth-order valence-electron chi connectivity index (χ4n) is 1.53. The van der Waals surface area contributed by atoms with Crippen molar-refractivity contribution >= 4 is 21.4 Å². The first kappa shape index (κ1) is 14.1. The number of nitrogens with two attached hydrogens (primary N) is 1. The van der Waals surface area contributed by atoms with Crippen LogP contribution in [-0.4, -0.2) is 19.9 Å². The maximum atomic E-state index is 12.1. The number of aromatic nitrogens is 1. The van der Waals surface area contributed by atoms with E-state index in [2.05, 4.69) is 9.71 Å². The van der Waals surface area contributed by atoms with Gasteiger partial charge in [-0.1, -0.05) is 0 Å². The summed E-state index contributed by atoms with van der Waals surface area (Å²) in [6.45, 7) is 0.777. The smallest absolute Gasteiger partial charge is 0.250 e. The first-order valence-electron chi connectivity index (χ1n) is 5.79. The van der Waals surface area contributed by atoms with E-state index in [9.17, 15) is 8.42 Å². The van der Waals surface area contributed by atoms with E-state index in [1.54, 1.807) is 36.7 Å². The number of rotatable bonds is 6. The molecule has 0 radical (unpaired) electrons. The van der Waals surface area contributed by atoms with Crippen molar-refractivity contribution in [2.24, 2.45) is 5.73 Å². The first-order valence-corrected chi connectivity index (χ1v) is 8.09. The molecule has 0 saturated heterocycles. The van der Waals surface area contributed by atoms with Crippen molar-refractivity contribution in [1.29, 1.82) is 0 Å². The van der Waals surface area contributed by atoms with E-state index in [0.29, 0.717) is 17.2 Å². The van der Waals surface area contributed by atoms with Crippen LogP contribution in [0.3, 0.4) is 0 Å². The summed E-state index contributed by atoms with van der Waals surface area (Å²) in [6, 6.07) is 6.97. The summed E-state index contributed by atoms with van der Waals surface area (Å²) in [7, 11) is -3.45. The molecule has 102 valence electrons. The molecule has 0 unspecified atom stereocenters. The van der Waals surface area contributed by atoms with Crippen LogP contribution in [0.4, 0.5) is 0 Å². The molecule has 0 amide bonds. The zero-order valence-corrected chi connectivity index (χ0v) is 11.9. The lowest BCUT2D eigenvalue weighted by Crippen LogP contribution is -2.22. The highest BCUT2D eigenvalue weighted by atomic mass is 32.2. The van der Waals surface area contributed by atoms with Crippen LogP contribution < -0.4 is 10.5 Å². The van der Waals surface area contributed by atoms with E-state index in [1.807, 2.05) is 0 Å². The lowest BCUT2D eigenvalue weighted by atomic mass is 10.3. The normalized spacial score (nSPS) is 11.6. The Balaban J connectivity index is 2.05. The Hall–Kier alpha value is -1.28. The van der Waals surface area contributed by atoms with E-state index < -0.39 is 10.0 Å². The second-order valence-corrected chi connectivity index (χ2v) is 7.10. The molecule has 5 nitrogen and oxygen atoms in total. The molecule has 7 heteroatoms. The molecule has 2 rings (SSSR count). The maximum Gasteiger partial charge on any atom is 0.250 e. The van der Waals surface area contributed by atoms with Gasteiger partial charge in [-0.25, -0.2) is 13.1 Å². The van der Waals surface area contributed by atoms with Gasteiger partial charge in [-0.05, 0) is 42.8 Å². The molecule has 0 aliphatic rings. The van der Waals surface area contributed by atoms with E-state index in [-0.39, 0.29) is 6.54 Å². The van der Waals surface area contributed by atoms with Crippen molar-refractivity contribution in [2.75, 3.05) is 6.54 Å². The number of thiophene rings is 1. The molecule has 0 spiro atoms. The number of nitrogens with one attached hydrogen (secondary N) is 1. The van der Waals surface area contributed by atoms with Crippen LogP contribution in [-0.2, 0) is 23.0 Å². The quantitative estimate of drug-likeness (QED) is 0.837. The zero-order chi connectivity index (χ0) is 13.7.